The number of thioether (sulfide) groups is 1. The summed E-state index contributed by atoms with van der Waals surface area (Å²) in [6, 6.07) is -0.920. The van der Waals surface area contributed by atoms with E-state index in [1.54, 1.807) is 6.26 Å². The van der Waals surface area contributed by atoms with E-state index in [2.05, 4.69) is 5.32 Å². The molecule has 2 atom stereocenters. The highest BCUT2D eigenvalue weighted by atomic mass is 32.2. The van der Waals surface area contributed by atoms with Crippen molar-refractivity contribution < 1.29 is 14.4 Å². The number of likely N-dealkylation sites (tertiary alicyclic amines) is 1. The normalized spacial score (nSPS) is 21.7. The minimum Gasteiger partial charge on any atom is -0.350 e. The predicted molar refractivity (Wildman–Crippen MR) is 74.5 cm³/mol. The number of carbonyl (C=O) groups excluding carboxylic acids is 3. The number of hydrogen-bond acceptors (Lipinski definition) is 5. The van der Waals surface area contributed by atoms with E-state index in [0.717, 1.165) is 4.90 Å². The van der Waals surface area contributed by atoms with Crippen LogP contribution in [0.15, 0.2) is 0 Å². The van der Waals surface area contributed by atoms with Crippen molar-refractivity contribution in [1.82, 2.24) is 10.2 Å². The van der Waals surface area contributed by atoms with E-state index < -0.39 is 22.7 Å². The van der Waals surface area contributed by atoms with Crippen molar-refractivity contribution in [2.45, 2.75) is 44.0 Å². The van der Waals surface area contributed by atoms with Crippen LogP contribution < -0.4 is 11.1 Å². The Morgan fingerprint density at radius 2 is 2.11 bits per heavy atom. The Labute approximate surface area is 117 Å². The minimum atomic E-state index is -0.920. The highest BCUT2D eigenvalue weighted by Crippen LogP contribution is 2.25. The van der Waals surface area contributed by atoms with E-state index in [0.29, 0.717) is 0 Å². The molecule has 6 nitrogen and oxygen atoms in total. The molecule has 0 spiro atoms. The molecule has 1 heterocycles. The standard InChI is InChI=1S/C12H21N3O3S/c1-12(2,3)14-10(17)7(6-13)15-9(16)5-8(19-4)11(15)18/h7-8H,5-6,13H2,1-4H3,(H,14,17). The molecule has 1 rings (SSSR count). The lowest BCUT2D eigenvalue weighted by Crippen LogP contribution is -2.56. The third-order valence-corrected chi connectivity index (χ3v) is 3.70. The molecule has 7 heteroatoms. The molecule has 1 fully saturated rings. The van der Waals surface area contributed by atoms with Gasteiger partial charge in [0.25, 0.3) is 0 Å². The van der Waals surface area contributed by atoms with Gasteiger partial charge in [-0.25, -0.2) is 0 Å². The Kier molecular flexibility index (Phi) is 4.98. The van der Waals surface area contributed by atoms with Crippen molar-refractivity contribution in [3.05, 3.63) is 0 Å². The van der Waals surface area contributed by atoms with Crippen molar-refractivity contribution in [3.8, 4) is 0 Å². The molecule has 0 bridgehead atoms. The van der Waals surface area contributed by atoms with E-state index in [4.69, 9.17) is 5.73 Å². The van der Waals surface area contributed by atoms with Gasteiger partial charge in [-0.2, -0.15) is 11.8 Å². The molecule has 0 aromatic rings. The first-order valence-electron chi connectivity index (χ1n) is 6.12. The van der Waals surface area contributed by atoms with Gasteiger partial charge in [-0.15, -0.1) is 0 Å². The zero-order chi connectivity index (χ0) is 14.8. The second-order valence-corrected chi connectivity index (χ2v) is 6.56. The summed E-state index contributed by atoms with van der Waals surface area (Å²) < 4.78 is 0. The van der Waals surface area contributed by atoms with Gasteiger partial charge >= 0.3 is 0 Å². The van der Waals surface area contributed by atoms with Crippen LogP contribution in [0.5, 0.6) is 0 Å². The second kappa shape index (κ2) is 5.92. The lowest BCUT2D eigenvalue weighted by Gasteiger charge is -2.28. The van der Waals surface area contributed by atoms with Gasteiger partial charge in [0.2, 0.25) is 17.7 Å². The number of nitrogens with one attached hydrogen (secondary N) is 1. The molecule has 19 heavy (non-hydrogen) atoms. The molecule has 0 aromatic heterocycles. The quantitative estimate of drug-likeness (QED) is 0.694. The van der Waals surface area contributed by atoms with Crippen molar-refractivity contribution in [1.29, 1.82) is 0 Å². The number of amides is 3. The summed E-state index contributed by atoms with van der Waals surface area (Å²) in [4.78, 5) is 37.1. The van der Waals surface area contributed by atoms with Crippen LogP contribution in [0, 0.1) is 0 Å². The third kappa shape index (κ3) is 3.70. The number of hydrogen-bond donors (Lipinski definition) is 2. The lowest BCUT2D eigenvalue weighted by atomic mass is 10.1. The van der Waals surface area contributed by atoms with Crippen LogP contribution in [0.1, 0.15) is 27.2 Å². The average Bonchev–Trinajstić information content (AvgIpc) is 2.55. The Morgan fingerprint density at radius 1 is 1.53 bits per heavy atom. The van der Waals surface area contributed by atoms with Crippen molar-refractivity contribution in [2.75, 3.05) is 12.8 Å². The van der Waals surface area contributed by atoms with Crippen LogP contribution in [0.4, 0.5) is 0 Å². The van der Waals surface area contributed by atoms with Crippen LogP contribution in [-0.2, 0) is 14.4 Å². The molecule has 1 aliphatic heterocycles. The first-order valence-corrected chi connectivity index (χ1v) is 7.41. The van der Waals surface area contributed by atoms with Gasteiger partial charge in [-0.3, -0.25) is 19.3 Å². The van der Waals surface area contributed by atoms with Gasteiger partial charge < -0.3 is 11.1 Å². The van der Waals surface area contributed by atoms with Gasteiger partial charge in [-0.05, 0) is 27.0 Å². The Bertz CT molecular complexity index is 392. The fraction of sp³-hybridized carbons (Fsp3) is 0.750. The summed E-state index contributed by atoms with van der Waals surface area (Å²) in [6.45, 7) is 5.42. The van der Waals surface area contributed by atoms with Crippen LogP contribution in [0.2, 0.25) is 0 Å². The molecule has 3 amide bonds. The first kappa shape index (κ1) is 16.0. The maximum absolute atomic E-state index is 12.1. The summed E-state index contributed by atoms with van der Waals surface area (Å²) in [5.74, 6) is -1.04. The molecule has 0 aliphatic carbocycles. The molecule has 3 N–H and O–H groups in total. The fourth-order valence-electron chi connectivity index (χ4n) is 1.92. The highest BCUT2D eigenvalue weighted by Gasteiger charge is 2.44. The number of imide groups is 1. The molecule has 0 saturated carbocycles. The largest absolute Gasteiger partial charge is 0.350 e. The van der Waals surface area contributed by atoms with Gasteiger partial charge in [0, 0.05) is 18.5 Å². The van der Waals surface area contributed by atoms with E-state index >= 15 is 0 Å². The number of carbonyl (C=O) groups is 3. The first-order chi connectivity index (χ1) is 8.71. The molecule has 0 aromatic carbocycles. The monoisotopic (exact) mass is 287 g/mol. The minimum absolute atomic E-state index is 0.0690. The summed E-state index contributed by atoms with van der Waals surface area (Å²) >= 11 is 1.32. The number of rotatable bonds is 4. The van der Waals surface area contributed by atoms with Crippen LogP contribution in [0.25, 0.3) is 0 Å². The Hall–Kier alpha value is -1.08. The van der Waals surface area contributed by atoms with Gasteiger partial charge in [0.1, 0.15) is 6.04 Å². The zero-order valence-electron chi connectivity index (χ0n) is 11.7. The maximum atomic E-state index is 12.1. The Balaban J connectivity index is 2.89. The zero-order valence-corrected chi connectivity index (χ0v) is 12.5. The van der Waals surface area contributed by atoms with E-state index in [1.165, 1.54) is 11.8 Å². The number of nitrogens with two attached hydrogens (primary N) is 1. The molecular formula is C12H21N3O3S. The summed E-state index contributed by atoms with van der Waals surface area (Å²) in [7, 11) is 0. The molecule has 0 radical (unpaired) electrons. The van der Waals surface area contributed by atoms with Gasteiger partial charge in [0.15, 0.2) is 0 Å². The highest BCUT2D eigenvalue weighted by molar-refractivity contribution is 8.00. The molecule has 2 unspecified atom stereocenters. The summed E-state index contributed by atoms with van der Waals surface area (Å²) in [6.07, 6.45) is 1.91. The van der Waals surface area contributed by atoms with Gasteiger partial charge in [0.05, 0.1) is 5.25 Å². The maximum Gasteiger partial charge on any atom is 0.245 e. The van der Waals surface area contributed by atoms with E-state index in [-0.39, 0.29) is 24.8 Å². The summed E-state index contributed by atoms with van der Waals surface area (Å²) in [5.41, 5.74) is 5.13. The third-order valence-electron chi connectivity index (χ3n) is 2.76. The Morgan fingerprint density at radius 3 is 2.47 bits per heavy atom. The summed E-state index contributed by atoms with van der Waals surface area (Å²) in [5, 5.41) is 2.35. The van der Waals surface area contributed by atoms with Gasteiger partial charge in [-0.1, -0.05) is 0 Å². The van der Waals surface area contributed by atoms with Crippen LogP contribution >= 0.6 is 11.8 Å². The molecule has 1 saturated heterocycles. The average molecular weight is 287 g/mol. The van der Waals surface area contributed by atoms with Crippen molar-refractivity contribution in [2.24, 2.45) is 5.73 Å². The molecule has 1 aliphatic rings. The topological polar surface area (TPSA) is 92.5 Å². The van der Waals surface area contributed by atoms with Crippen LogP contribution in [-0.4, -0.2) is 52.3 Å². The van der Waals surface area contributed by atoms with Crippen molar-refractivity contribution >= 4 is 29.5 Å². The SMILES string of the molecule is CSC1CC(=O)N(C(CN)C(=O)NC(C)(C)C)C1=O. The van der Waals surface area contributed by atoms with Crippen molar-refractivity contribution in [3.63, 3.8) is 0 Å². The predicted octanol–water partition coefficient (Wildman–Crippen LogP) is -0.281. The molecule has 108 valence electrons. The van der Waals surface area contributed by atoms with E-state index in [9.17, 15) is 14.4 Å². The second-order valence-electron chi connectivity index (χ2n) is 5.52. The molecular weight excluding hydrogens is 266 g/mol. The number of nitrogens with zero attached hydrogens (tertiary/aromatic N) is 1. The lowest BCUT2D eigenvalue weighted by molar-refractivity contribution is -0.146. The smallest absolute Gasteiger partial charge is 0.245 e. The fourth-order valence-corrected chi connectivity index (χ4v) is 2.54. The van der Waals surface area contributed by atoms with Crippen LogP contribution in [0.3, 0.4) is 0 Å². The van der Waals surface area contributed by atoms with E-state index in [1.807, 2.05) is 20.8 Å².